The van der Waals surface area contributed by atoms with Gasteiger partial charge in [0.1, 0.15) is 12.2 Å². The molecule has 0 saturated carbocycles. The second kappa shape index (κ2) is 8.65. The minimum atomic E-state index is -0.839. The number of carbonyl (C=O) groups excluding carboxylic acids is 1. The van der Waals surface area contributed by atoms with Gasteiger partial charge in [0.15, 0.2) is 0 Å². The molecule has 0 spiro atoms. The topological polar surface area (TPSA) is 89.0 Å². The molecule has 1 unspecified atom stereocenters. The number of amides is 1. The summed E-state index contributed by atoms with van der Waals surface area (Å²) in [6.45, 7) is 14.1. The average molecular weight is 394 g/mol. The van der Waals surface area contributed by atoms with Crippen molar-refractivity contribution in [2.24, 2.45) is 17.1 Å². The maximum absolute atomic E-state index is 11.8. The van der Waals surface area contributed by atoms with Gasteiger partial charge in [0.25, 0.3) is 0 Å². The second-order valence-corrected chi connectivity index (χ2v) is 9.07. The first kappa shape index (κ1) is 22.4. The number of nitriles is 1. The fraction of sp³-hybridized carbons (Fsp3) is 0.458. The summed E-state index contributed by atoms with van der Waals surface area (Å²) in [6.07, 6.45) is -0.769. The number of nitrogens with zero attached hydrogens (tertiary/aromatic N) is 2. The number of aryl methyl sites for hydroxylation is 2. The minimum absolute atomic E-state index is 0.341. The Bertz CT molecular complexity index is 933. The molecule has 0 aliphatic rings. The van der Waals surface area contributed by atoms with Crippen molar-refractivity contribution in [2.45, 2.75) is 61.0 Å². The summed E-state index contributed by atoms with van der Waals surface area (Å²) in [6, 6.07) is 10.3. The van der Waals surface area contributed by atoms with E-state index in [2.05, 4.69) is 19.9 Å². The highest BCUT2D eigenvalue weighted by Gasteiger charge is 2.36. The third-order valence-corrected chi connectivity index (χ3v) is 4.83. The third kappa shape index (κ3) is 5.14. The molecule has 1 aromatic carbocycles. The molecule has 0 fully saturated rings. The molecule has 1 heterocycles. The second-order valence-electron chi connectivity index (χ2n) is 9.07. The van der Waals surface area contributed by atoms with Gasteiger partial charge in [-0.2, -0.15) is 5.26 Å². The van der Waals surface area contributed by atoms with E-state index in [4.69, 9.17) is 15.5 Å². The van der Waals surface area contributed by atoms with Gasteiger partial charge in [0, 0.05) is 22.2 Å². The van der Waals surface area contributed by atoms with Crippen LogP contribution in [0.3, 0.4) is 0 Å². The number of benzene rings is 1. The zero-order valence-electron chi connectivity index (χ0n) is 18.5. The molecular weight excluding hydrogens is 362 g/mol. The van der Waals surface area contributed by atoms with Crippen LogP contribution in [0.1, 0.15) is 68.8 Å². The van der Waals surface area contributed by atoms with Crippen LogP contribution in [-0.2, 0) is 11.2 Å². The maximum atomic E-state index is 11.8. The number of nitrogens with two attached hydrogens (primary N) is 1. The Morgan fingerprint density at radius 1 is 1.21 bits per heavy atom. The lowest BCUT2D eigenvalue weighted by molar-refractivity contribution is 0.0354. The van der Waals surface area contributed by atoms with Crippen LogP contribution >= 0.6 is 0 Å². The molecule has 1 aromatic heterocycles. The quantitative estimate of drug-likeness (QED) is 0.714. The maximum Gasteiger partial charge on any atom is 0.405 e. The summed E-state index contributed by atoms with van der Waals surface area (Å²) in [5, 5.41) is 9.96. The summed E-state index contributed by atoms with van der Waals surface area (Å²) in [7, 11) is 0. The van der Waals surface area contributed by atoms with Gasteiger partial charge >= 0.3 is 6.09 Å². The first-order chi connectivity index (χ1) is 13.5. The summed E-state index contributed by atoms with van der Waals surface area (Å²) in [5.74, 6) is 0.341. The Labute approximate surface area is 173 Å². The standard InChI is InChI=1S/C24H31N3O2/c1-14(2)12-19-21(22(24(5,6)7)29-23(26)28)20(18(13-25)16(4)27-19)17-10-8-15(3)9-11-17/h8-11,14,22H,12H2,1-7H3,(H2,26,28). The molecule has 5 nitrogen and oxygen atoms in total. The minimum Gasteiger partial charge on any atom is -0.441 e. The van der Waals surface area contributed by atoms with Gasteiger partial charge in [0.2, 0.25) is 0 Å². The first-order valence-corrected chi connectivity index (χ1v) is 9.92. The van der Waals surface area contributed by atoms with Crippen molar-refractivity contribution in [3.05, 3.63) is 52.3 Å². The lowest BCUT2D eigenvalue weighted by Crippen LogP contribution is -2.29. The van der Waals surface area contributed by atoms with Crippen LogP contribution in [-0.4, -0.2) is 11.1 Å². The molecular formula is C24H31N3O2. The fourth-order valence-corrected chi connectivity index (χ4v) is 3.54. The van der Waals surface area contributed by atoms with Gasteiger partial charge in [-0.15, -0.1) is 0 Å². The van der Waals surface area contributed by atoms with Crippen LogP contribution in [0, 0.1) is 36.5 Å². The smallest absolute Gasteiger partial charge is 0.405 e. The van der Waals surface area contributed by atoms with Crippen molar-refractivity contribution < 1.29 is 9.53 Å². The molecule has 0 saturated heterocycles. The summed E-state index contributed by atoms with van der Waals surface area (Å²) in [4.78, 5) is 16.6. The van der Waals surface area contributed by atoms with E-state index in [-0.39, 0.29) is 0 Å². The SMILES string of the molecule is Cc1ccc(-c2c(C#N)c(C)nc(CC(C)C)c2C(OC(N)=O)C(C)(C)C)cc1. The number of primary amides is 1. The number of pyridine rings is 1. The number of aromatic nitrogens is 1. The molecule has 1 amide bonds. The number of hydrogen-bond donors (Lipinski definition) is 1. The Hall–Kier alpha value is -2.87. The Kier molecular flexibility index (Phi) is 6.69. The van der Waals surface area contributed by atoms with E-state index in [0.717, 1.165) is 27.9 Å². The molecule has 0 radical (unpaired) electrons. The van der Waals surface area contributed by atoms with Crippen LogP contribution in [0.2, 0.25) is 0 Å². The number of hydrogen-bond acceptors (Lipinski definition) is 4. The van der Waals surface area contributed by atoms with Gasteiger partial charge in [-0.3, -0.25) is 4.98 Å². The molecule has 154 valence electrons. The average Bonchev–Trinajstić information content (AvgIpc) is 2.59. The highest BCUT2D eigenvalue weighted by Crippen LogP contribution is 2.44. The van der Waals surface area contributed by atoms with Gasteiger partial charge < -0.3 is 10.5 Å². The number of rotatable bonds is 5. The van der Waals surface area contributed by atoms with Crippen LogP contribution in [0.4, 0.5) is 4.79 Å². The van der Waals surface area contributed by atoms with E-state index in [1.807, 2.05) is 58.9 Å². The third-order valence-electron chi connectivity index (χ3n) is 4.83. The van der Waals surface area contributed by atoms with Crippen LogP contribution in [0.25, 0.3) is 11.1 Å². The van der Waals surface area contributed by atoms with Crippen molar-refractivity contribution in [1.82, 2.24) is 4.98 Å². The molecule has 2 N–H and O–H groups in total. The molecule has 2 aromatic rings. The Balaban J connectivity index is 2.97. The van der Waals surface area contributed by atoms with Crippen LogP contribution in [0.5, 0.6) is 0 Å². The zero-order valence-corrected chi connectivity index (χ0v) is 18.5. The van der Waals surface area contributed by atoms with Gasteiger partial charge in [0.05, 0.1) is 11.3 Å². The summed E-state index contributed by atoms with van der Waals surface area (Å²) >= 11 is 0. The molecule has 0 aliphatic heterocycles. The largest absolute Gasteiger partial charge is 0.441 e. The predicted octanol–water partition coefficient (Wildman–Crippen LogP) is 5.62. The molecule has 2 rings (SSSR count). The van der Waals surface area contributed by atoms with Crippen molar-refractivity contribution in [3.63, 3.8) is 0 Å². The zero-order chi connectivity index (χ0) is 21.9. The van der Waals surface area contributed by atoms with Gasteiger partial charge in [-0.05, 0) is 31.7 Å². The van der Waals surface area contributed by atoms with E-state index in [9.17, 15) is 10.1 Å². The highest BCUT2D eigenvalue weighted by atomic mass is 16.6. The van der Waals surface area contributed by atoms with E-state index in [1.54, 1.807) is 0 Å². The monoisotopic (exact) mass is 393 g/mol. The van der Waals surface area contributed by atoms with Gasteiger partial charge in [-0.1, -0.05) is 64.4 Å². The lowest BCUT2D eigenvalue weighted by atomic mass is 9.78. The lowest BCUT2D eigenvalue weighted by Gasteiger charge is -2.33. The number of carbonyl (C=O) groups is 1. The molecule has 0 bridgehead atoms. The summed E-state index contributed by atoms with van der Waals surface area (Å²) < 4.78 is 5.64. The fourth-order valence-electron chi connectivity index (χ4n) is 3.54. The van der Waals surface area contributed by atoms with E-state index >= 15 is 0 Å². The highest BCUT2D eigenvalue weighted by molar-refractivity contribution is 5.77. The number of ether oxygens (including phenoxy) is 1. The van der Waals surface area contributed by atoms with E-state index in [0.29, 0.717) is 23.6 Å². The molecule has 1 atom stereocenters. The normalized spacial score (nSPS) is 12.5. The van der Waals surface area contributed by atoms with Crippen molar-refractivity contribution >= 4 is 6.09 Å². The van der Waals surface area contributed by atoms with Crippen LogP contribution in [0.15, 0.2) is 24.3 Å². The van der Waals surface area contributed by atoms with Crippen molar-refractivity contribution in [3.8, 4) is 17.2 Å². The Morgan fingerprint density at radius 2 is 1.79 bits per heavy atom. The molecule has 5 heteroatoms. The Morgan fingerprint density at radius 3 is 2.24 bits per heavy atom. The van der Waals surface area contributed by atoms with E-state index < -0.39 is 17.6 Å². The van der Waals surface area contributed by atoms with Crippen molar-refractivity contribution in [2.75, 3.05) is 0 Å². The molecule has 29 heavy (non-hydrogen) atoms. The summed E-state index contributed by atoms with van der Waals surface area (Å²) in [5.41, 5.74) is 10.6. The van der Waals surface area contributed by atoms with Crippen molar-refractivity contribution in [1.29, 1.82) is 5.26 Å². The predicted molar refractivity (Wildman–Crippen MR) is 115 cm³/mol. The molecule has 0 aliphatic carbocycles. The van der Waals surface area contributed by atoms with E-state index in [1.165, 1.54) is 0 Å². The van der Waals surface area contributed by atoms with Gasteiger partial charge in [-0.25, -0.2) is 4.79 Å². The van der Waals surface area contributed by atoms with Crippen LogP contribution < -0.4 is 5.73 Å². The first-order valence-electron chi connectivity index (χ1n) is 9.92.